The molecule has 0 spiro atoms. The van der Waals surface area contributed by atoms with E-state index in [2.05, 4.69) is 32.8 Å². The van der Waals surface area contributed by atoms with Crippen molar-refractivity contribution in [1.82, 2.24) is 20.4 Å². The van der Waals surface area contributed by atoms with Crippen LogP contribution in [0.25, 0.3) is 10.9 Å². The molecule has 0 atom stereocenters. The van der Waals surface area contributed by atoms with Crippen LogP contribution in [0, 0.1) is 0 Å². The fourth-order valence-corrected chi connectivity index (χ4v) is 3.17. The monoisotopic (exact) mass is 344 g/mol. The molecule has 1 aliphatic heterocycles. The fraction of sp³-hybridized carbons (Fsp3) is 0.471. The van der Waals surface area contributed by atoms with Gasteiger partial charge in [0.2, 0.25) is 0 Å². The van der Waals surface area contributed by atoms with E-state index in [9.17, 15) is 9.59 Å². The van der Waals surface area contributed by atoms with Crippen molar-refractivity contribution in [3.63, 3.8) is 0 Å². The van der Waals surface area contributed by atoms with E-state index in [1.54, 1.807) is 11.7 Å². The second-order valence-electron chi connectivity index (χ2n) is 6.05. The number of piperazine rings is 1. The molecule has 8 heteroatoms. The summed E-state index contributed by atoms with van der Waals surface area (Å²) in [5.41, 5.74) is 2.12. The number of amides is 2. The number of aromatic nitrogens is 2. The van der Waals surface area contributed by atoms with E-state index >= 15 is 0 Å². The molecule has 0 aliphatic carbocycles. The van der Waals surface area contributed by atoms with Crippen molar-refractivity contribution in [2.75, 3.05) is 49.6 Å². The van der Waals surface area contributed by atoms with Crippen LogP contribution in [-0.4, -0.2) is 61.9 Å². The van der Waals surface area contributed by atoms with Gasteiger partial charge in [-0.25, -0.2) is 4.79 Å². The third kappa shape index (κ3) is 3.43. The van der Waals surface area contributed by atoms with Gasteiger partial charge in [-0.05, 0) is 18.2 Å². The van der Waals surface area contributed by atoms with Gasteiger partial charge in [0.1, 0.15) is 6.29 Å². The van der Waals surface area contributed by atoms with Crippen molar-refractivity contribution in [3.05, 3.63) is 18.2 Å². The third-order valence-corrected chi connectivity index (χ3v) is 4.48. The molecule has 1 aromatic carbocycles. The molecule has 0 saturated carbocycles. The van der Waals surface area contributed by atoms with Gasteiger partial charge in [-0.2, -0.15) is 5.10 Å². The molecular weight excluding hydrogens is 320 g/mol. The first-order chi connectivity index (χ1) is 12.2. The molecule has 1 saturated heterocycles. The van der Waals surface area contributed by atoms with Crippen LogP contribution in [0.3, 0.4) is 0 Å². The van der Waals surface area contributed by atoms with Crippen molar-refractivity contribution in [2.45, 2.75) is 6.42 Å². The first-order valence-electron chi connectivity index (χ1n) is 8.51. The molecular formula is C17H24N6O2. The number of hydrogen-bond acceptors (Lipinski definition) is 5. The lowest BCUT2D eigenvalue weighted by molar-refractivity contribution is -0.107. The Morgan fingerprint density at radius 1 is 1.40 bits per heavy atom. The zero-order valence-electron chi connectivity index (χ0n) is 14.7. The minimum atomic E-state index is -0.270. The Balaban J connectivity index is 1.98. The van der Waals surface area contributed by atoms with Crippen LogP contribution in [0.5, 0.6) is 0 Å². The largest absolute Gasteiger partial charge is 0.369 e. The molecule has 8 nitrogen and oxygen atoms in total. The minimum absolute atomic E-state index is 0.268. The number of aldehydes is 1. The third-order valence-electron chi connectivity index (χ3n) is 4.48. The predicted molar refractivity (Wildman–Crippen MR) is 98.3 cm³/mol. The van der Waals surface area contributed by atoms with Crippen LogP contribution in [0.1, 0.15) is 6.42 Å². The highest BCUT2D eigenvalue weighted by Crippen LogP contribution is 2.29. The van der Waals surface area contributed by atoms with Crippen LogP contribution in [0.2, 0.25) is 0 Å². The summed E-state index contributed by atoms with van der Waals surface area (Å²) in [4.78, 5) is 26.8. The summed E-state index contributed by atoms with van der Waals surface area (Å²) < 4.78 is 1.78. The number of carbonyl (C=O) groups is 2. The number of carbonyl (C=O) groups excluding carboxylic acids is 2. The van der Waals surface area contributed by atoms with Crippen LogP contribution in [0.4, 0.5) is 16.3 Å². The van der Waals surface area contributed by atoms with Crippen LogP contribution in [0.15, 0.2) is 18.2 Å². The molecule has 134 valence electrons. The summed E-state index contributed by atoms with van der Waals surface area (Å²) >= 11 is 0. The Labute approximate surface area is 146 Å². The molecule has 0 bridgehead atoms. The lowest BCUT2D eigenvalue weighted by Gasteiger charge is -2.29. The van der Waals surface area contributed by atoms with Gasteiger partial charge in [0, 0.05) is 64.3 Å². The zero-order valence-corrected chi connectivity index (χ0v) is 14.7. The van der Waals surface area contributed by atoms with Crippen LogP contribution >= 0.6 is 0 Å². The number of nitrogens with zero attached hydrogens (tertiary/aromatic N) is 4. The predicted octanol–water partition coefficient (Wildman–Crippen LogP) is 0.718. The molecule has 1 fully saturated rings. The highest BCUT2D eigenvalue weighted by Gasteiger charge is 2.21. The quantitative estimate of drug-likeness (QED) is 0.781. The maximum atomic E-state index is 12.2. The normalized spacial score (nSPS) is 14.6. The van der Waals surface area contributed by atoms with Crippen molar-refractivity contribution in [2.24, 2.45) is 7.05 Å². The Morgan fingerprint density at radius 3 is 2.84 bits per heavy atom. The average Bonchev–Trinajstić information content (AvgIpc) is 2.98. The molecule has 0 radical (unpaired) electrons. The van der Waals surface area contributed by atoms with Gasteiger partial charge in [0.05, 0.1) is 5.52 Å². The summed E-state index contributed by atoms with van der Waals surface area (Å²) in [7, 11) is 3.44. The van der Waals surface area contributed by atoms with E-state index in [4.69, 9.17) is 0 Å². The first-order valence-corrected chi connectivity index (χ1v) is 8.51. The van der Waals surface area contributed by atoms with Crippen molar-refractivity contribution in [3.8, 4) is 0 Å². The number of urea groups is 1. The van der Waals surface area contributed by atoms with Crippen molar-refractivity contribution < 1.29 is 9.59 Å². The molecule has 2 N–H and O–H groups in total. The Hall–Kier alpha value is -2.61. The van der Waals surface area contributed by atoms with E-state index in [-0.39, 0.29) is 12.5 Å². The fourth-order valence-electron chi connectivity index (χ4n) is 3.17. The maximum absolute atomic E-state index is 12.2. The van der Waals surface area contributed by atoms with E-state index in [0.717, 1.165) is 49.1 Å². The van der Waals surface area contributed by atoms with Gasteiger partial charge < -0.3 is 20.3 Å². The number of nitrogens with one attached hydrogen (secondary N) is 2. The summed E-state index contributed by atoms with van der Waals surface area (Å²) in [6.07, 6.45) is 1.08. The molecule has 0 unspecified atom stereocenters. The van der Waals surface area contributed by atoms with Gasteiger partial charge in [-0.1, -0.05) is 0 Å². The summed E-state index contributed by atoms with van der Waals surface area (Å²) in [5, 5.41) is 11.4. The number of rotatable bonds is 5. The molecule has 2 aromatic rings. The Morgan fingerprint density at radius 2 is 2.16 bits per heavy atom. The second kappa shape index (κ2) is 7.52. The number of anilines is 2. The number of hydrogen-bond donors (Lipinski definition) is 2. The number of fused-ring (bicyclic) bond motifs is 1. The molecule has 2 amide bonds. The SMILES string of the molecule is CNC(=O)N(CCC=O)c1nn(C)c2cc(N3CCNCC3)ccc12. The summed E-state index contributed by atoms with van der Waals surface area (Å²) in [6, 6.07) is 5.92. The highest BCUT2D eigenvalue weighted by atomic mass is 16.2. The van der Waals surface area contributed by atoms with Gasteiger partial charge >= 0.3 is 6.03 Å². The van der Waals surface area contributed by atoms with Crippen LogP contribution < -0.4 is 20.4 Å². The minimum Gasteiger partial charge on any atom is -0.369 e. The molecule has 1 aliphatic rings. The van der Waals surface area contributed by atoms with Gasteiger partial charge in [0.25, 0.3) is 0 Å². The molecule has 3 rings (SSSR count). The molecule has 25 heavy (non-hydrogen) atoms. The Kier molecular flexibility index (Phi) is 5.18. The number of aryl methyl sites for hydroxylation is 1. The van der Waals surface area contributed by atoms with Gasteiger partial charge in [0.15, 0.2) is 5.82 Å². The van der Waals surface area contributed by atoms with Crippen LogP contribution in [-0.2, 0) is 11.8 Å². The standard InChI is InChI=1S/C17H24N6O2/c1-18-17(25)23(8-3-11-24)16-14-5-4-13(12-15(14)21(2)20-16)22-9-6-19-7-10-22/h4-5,11-12,19H,3,6-10H2,1-2H3,(H,18,25). The smallest absolute Gasteiger partial charge is 0.322 e. The lowest BCUT2D eigenvalue weighted by atomic mass is 10.2. The average molecular weight is 344 g/mol. The van der Waals surface area contributed by atoms with Crippen molar-refractivity contribution in [1.29, 1.82) is 0 Å². The van der Waals surface area contributed by atoms with Gasteiger partial charge in [-0.3, -0.25) is 9.58 Å². The summed E-state index contributed by atoms with van der Waals surface area (Å²) in [5.74, 6) is 0.575. The zero-order chi connectivity index (χ0) is 17.8. The summed E-state index contributed by atoms with van der Waals surface area (Å²) in [6.45, 7) is 4.20. The number of benzene rings is 1. The lowest BCUT2D eigenvalue weighted by Crippen LogP contribution is -2.43. The van der Waals surface area contributed by atoms with E-state index < -0.39 is 0 Å². The highest BCUT2D eigenvalue weighted by molar-refractivity contribution is 6.01. The van der Waals surface area contributed by atoms with E-state index in [1.807, 2.05) is 13.1 Å². The maximum Gasteiger partial charge on any atom is 0.322 e. The Bertz CT molecular complexity index is 766. The first kappa shape index (κ1) is 17.2. The van der Waals surface area contributed by atoms with E-state index in [0.29, 0.717) is 12.4 Å². The van der Waals surface area contributed by atoms with Crippen molar-refractivity contribution >= 4 is 34.7 Å². The molecule has 2 heterocycles. The van der Waals surface area contributed by atoms with Gasteiger partial charge in [-0.15, -0.1) is 0 Å². The topological polar surface area (TPSA) is 82.5 Å². The van der Waals surface area contributed by atoms with E-state index in [1.165, 1.54) is 4.90 Å². The second-order valence-corrected chi connectivity index (χ2v) is 6.05. The molecule has 1 aromatic heterocycles.